The highest BCUT2D eigenvalue weighted by molar-refractivity contribution is 5.97. The molecule has 136 valence electrons. The molecule has 1 N–H and O–H groups in total. The molecule has 1 unspecified atom stereocenters. The van der Waals surface area contributed by atoms with Crippen LogP contribution in [0.3, 0.4) is 0 Å². The van der Waals surface area contributed by atoms with E-state index in [-0.39, 0.29) is 24.2 Å². The lowest BCUT2D eigenvalue weighted by molar-refractivity contribution is -0.128. The van der Waals surface area contributed by atoms with E-state index < -0.39 is 0 Å². The fraction of sp³-hybridized carbons (Fsp3) is 0.333. The van der Waals surface area contributed by atoms with Crippen molar-refractivity contribution in [3.63, 3.8) is 0 Å². The Kier molecular flexibility index (Phi) is 5.56. The Morgan fingerprint density at radius 1 is 1.12 bits per heavy atom. The van der Waals surface area contributed by atoms with Crippen LogP contribution in [0.4, 0.5) is 5.69 Å². The molecule has 0 aromatic heterocycles. The van der Waals surface area contributed by atoms with Crippen LogP contribution in [-0.2, 0) is 9.59 Å². The van der Waals surface area contributed by atoms with Crippen molar-refractivity contribution in [3.8, 4) is 11.5 Å². The number of amides is 2. The number of benzene rings is 2. The second kappa shape index (κ2) is 8.04. The van der Waals surface area contributed by atoms with E-state index >= 15 is 0 Å². The molecule has 0 spiro atoms. The van der Waals surface area contributed by atoms with Gasteiger partial charge in [0.2, 0.25) is 11.8 Å². The van der Waals surface area contributed by atoms with Crippen LogP contribution in [0.5, 0.6) is 11.5 Å². The number of hydrogen-bond donors (Lipinski definition) is 1. The minimum Gasteiger partial charge on any atom is -0.457 e. The molecule has 0 aliphatic carbocycles. The Morgan fingerprint density at radius 3 is 2.42 bits per heavy atom. The first-order chi connectivity index (χ1) is 12.5. The summed E-state index contributed by atoms with van der Waals surface area (Å²) >= 11 is 0. The van der Waals surface area contributed by atoms with E-state index in [2.05, 4.69) is 19.2 Å². The molecule has 2 aromatic rings. The topological polar surface area (TPSA) is 58.6 Å². The number of likely N-dealkylation sites (tertiary alicyclic amines) is 1. The van der Waals surface area contributed by atoms with Crippen molar-refractivity contribution in [2.24, 2.45) is 11.8 Å². The third-order valence-corrected chi connectivity index (χ3v) is 4.27. The Labute approximate surface area is 154 Å². The quantitative estimate of drug-likeness (QED) is 0.857. The second-order valence-electron chi connectivity index (χ2n) is 7.02. The van der Waals surface area contributed by atoms with E-state index in [0.29, 0.717) is 30.4 Å². The van der Waals surface area contributed by atoms with Gasteiger partial charge in [0.25, 0.3) is 0 Å². The van der Waals surface area contributed by atoms with Gasteiger partial charge in [-0.2, -0.15) is 0 Å². The summed E-state index contributed by atoms with van der Waals surface area (Å²) in [5.74, 6) is 1.53. The minimum absolute atomic E-state index is 0.0606. The molecule has 1 aliphatic heterocycles. The number of anilines is 1. The summed E-state index contributed by atoms with van der Waals surface area (Å²) < 4.78 is 5.74. The molecule has 1 heterocycles. The monoisotopic (exact) mass is 352 g/mol. The first-order valence-electron chi connectivity index (χ1n) is 8.93. The Balaban J connectivity index is 1.56. The number of nitrogens with zero attached hydrogens (tertiary/aromatic N) is 1. The van der Waals surface area contributed by atoms with Crippen molar-refractivity contribution in [3.05, 3.63) is 54.6 Å². The van der Waals surface area contributed by atoms with Crippen LogP contribution in [0.25, 0.3) is 0 Å². The van der Waals surface area contributed by atoms with Crippen LogP contribution in [0.15, 0.2) is 54.6 Å². The lowest BCUT2D eigenvalue weighted by atomic mass is 10.1. The van der Waals surface area contributed by atoms with Gasteiger partial charge >= 0.3 is 0 Å². The molecule has 2 amide bonds. The lowest BCUT2D eigenvalue weighted by Crippen LogP contribution is -2.31. The maximum Gasteiger partial charge on any atom is 0.229 e. The van der Waals surface area contributed by atoms with Crippen LogP contribution >= 0.6 is 0 Å². The molecule has 2 aromatic carbocycles. The molecule has 1 aliphatic rings. The smallest absolute Gasteiger partial charge is 0.229 e. The normalized spacial score (nSPS) is 16.8. The summed E-state index contributed by atoms with van der Waals surface area (Å²) in [6.07, 6.45) is 0.285. The van der Waals surface area contributed by atoms with E-state index in [1.54, 1.807) is 17.0 Å². The van der Waals surface area contributed by atoms with Crippen molar-refractivity contribution in [1.29, 1.82) is 0 Å². The van der Waals surface area contributed by atoms with Gasteiger partial charge in [0.1, 0.15) is 11.5 Å². The molecule has 1 atom stereocenters. The van der Waals surface area contributed by atoms with Crippen molar-refractivity contribution in [2.75, 3.05) is 18.4 Å². The zero-order chi connectivity index (χ0) is 18.5. The SMILES string of the molecule is CC(C)CN1CC(C(=O)Nc2ccc(Oc3ccccc3)cc2)CC1=O. The number of ether oxygens (including phenoxy) is 1. The Morgan fingerprint density at radius 2 is 1.77 bits per heavy atom. The average Bonchev–Trinajstić information content (AvgIpc) is 2.98. The number of hydrogen-bond acceptors (Lipinski definition) is 3. The first-order valence-corrected chi connectivity index (χ1v) is 8.93. The highest BCUT2D eigenvalue weighted by atomic mass is 16.5. The summed E-state index contributed by atoms with van der Waals surface area (Å²) in [5, 5.41) is 2.90. The highest BCUT2D eigenvalue weighted by Gasteiger charge is 2.34. The molecule has 1 saturated heterocycles. The molecule has 5 nitrogen and oxygen atoms in total. The number of carbonyl (C=O) groups excluding carboxylic acids is 2. The predicted molar refractivity (Wildman–Crippen MR) is 101 cm³/mol. The molecular weight excluding hydrogens is 328 g/mol. The van der Waals surface area contributed by atoms with E-state index in [1.807, 2.05) is 42.5 Å². The van der Waals surface area contributed by atoms with Gasteiger partial charge in [-0.3, -0.25) is 9.59 Å². The average molecular weight is 352 g/mol. The fourth-order valence-corrected chi connectivity index (χ4v) is 3.04. The van der Waals surface area contributed by atoms with Gasteiger partial charge in [-0.05, 0) is 42.3 Å². The molecule has 0 radical (unpaired) electrons. The van der Waals surface area contributed by atoms with E-state index in [4.69, 9.17) is 4.74 Å². The maximum atomic E-state index is 12.4. The first kappa shape index (κ1) is 18.0. The largest absolute Gasteiger partial charge is 0.457 e. The number of rotatable bonds is 6. The van der Waals surface area contributed by atoms with Gasteiger partial charge in [0.05, 0.1) is 5.92 Å². The number of nitrogens with one attached hydrogen (secondary N) is 1. The Hall–Kier alpha value is -2.82. The van der Waals surface area contributed by atoms with Crippen LogP contribution in [0, 0.1) is 11.8 Å². The molecule has 0 bridgehead atoms. The van der Waals surface area contributed by atoms with Gasteiger partial charge in [-0.15, -0.1) is 0 Å². The number of carbonyl (C=O) groups is 2. The second-order valence-corrected chi connectivity index (χ2v) is 7.02. The van der Waals surface area contributed by atoms with Gasteiger partial charge < -0.3 is 15.0 Å². The van der Waals surface area contributed by atoms with Crippen LogP contribution in [0.1, 0.15) is 20.3 Å². The van der Waals surface area contributed by atoms with Crippen LogP contribution < -0.4 is 10.1 Å². The van der Waals surface area contributed by atoms with Crippen molar-refractivity contribution in [2.45, 2.75) is 20.3 Å². The van der Waals surface area contributed by atoms with Crippen molar-refractivity contribution in [1.82, 2.24) is 4.90 Å². The number of para-hydroxylation sites is 1. The minimum atomic E-state index is -0.290. The zero-order valence-corrected chi connectivity index (χ0v) is 15.1. The molecule has 3 rings (SSSR count). The standard InChI is InChI=1S/C21H24N2O3/c1-15(2)13-23-14-16(12-20(23)24)21(25)22-17-8-10-19(11-9-17)26-18-6-4-3-5-7-18/h3-11,15-16H,12-14H2,1-2H3,(H,22,25). The fourth-order valence-electron chi connectivity index (χ4n) is 3.04. The predicted octanol–water partition coefficient (Wildman–Crippen LogP) is 3.92. The van der Waals surface area contributed by atoms with Gasteiger partial charge in [0, 0.05) is 25.2 Å². The van der Waals surface area contributed by atoms with Crippen LogP contribution in [-0.4, -0.2) is 29.8 Å². The van der Waals surface area contributed by atoms with Gasteiger partial charge in [0.15, 0.2) is 0 Å². The molecule has 1 fully saturated rings. The summed E-state index contributed by atoms with van der Waals surface area (Å²) in [6.45, 7) is 5.34. The van der Waals surface area contributed by atoms with Gasteiger partial charge in [-0.25, -0.2) is 0 Å². The van der Waals surface area contributed by atoms with E-state index in [1.165, 1.54) is 0 Å². The van der Waals surface area contributed by atoms with E-state index in [0.717, 1.165) is 5.75 Å². The summed E-state index contributed by atoms with van der Waals surface area (Å²) in [7, 11) is 0. The summed E-state index contributed by atoms with van der Waals surface area (Å²) in [6, 6.07) is 16.8. The molecule has 0 saturated carbocycles. The molecule has 5 heteroatoms. The van der Waals surface area contributed by atoms with Crippen molar-refractivity contribution < 1.29 is 14.3 Å². The zero-order valence-electron chi connectivity index (χ0n) is 15.1. The summed E-state index contributed by atoms with van der Waals surface area (Å²) in [4.78, 5) is 26.3. The maximum absolute atomic E-state index is 12.4. The molecule has 26 heavy (non-hydrogen) atoms. The summed E-state index contributed by atoms with van der Waals surface area (Å²) in [5.41, 5.74) is 0.699. The van der Waals surface area contributed by atoms with Crippen LogP contribution in [0.2, 0.25) is 0 Å². The highest BCUT2D eigenvalue weighted by Crippen LogP contribution is 2.24. The van der Waals surface area contributed by atoms with E-state index in [9.17, 15) is 9.59 Å². The molecular formula is C21H24N2O3. The van der Waals surface area contributed by atoms with Crippen molar-refractivity contribution >= 4 is 17.5 Å². The van der Waals surface area contributed by atoms with Gasteiger partial charge in [-0.1, -0.05) is 32.0 Å². The Bertz CT molecular complexity index is 757. The lowest BCUT2D eigenvalue weighted by Gasteiger charge is -2.18. The third-order valence-electron chi connectivity index (χ3n) is 4.27. The third kappa shape index (κ3) is 4.63.